The average Bonchev–Trinajstić information content (AvgIpc) is 3.26. The Morgan fingerprint density at radius 3 is 2.67 bits per heavy atom. The molecule has 2 N–H and O–H groups in total. The van der Waals surface area contributed by atoms with Crippen LogP contribution in [0.2, 0.25) is 0 Å². The molecule has 2 heterocycles. The number of benzene rings is 2. The Morgan fingerprint density at radius 1 is 0.970 bits per heavy atom. The third kappa shape index (κ3) is 6.03. The Bertz CT molecular complexity index is 1240. The van der Waals surface area contributed by atoms with E-state index in [0.717, 1.165) is 34.6 Å². The molecule has 8 nitrogen and oxygen atoms in total. The number of fused-ring (bicyclic) bond motifs is 1. The van der Waals surface area contributed by atoms with Crippen molar-refractivity contribution in [3.05, 3.63) is 65.8 Å². The number of amides is 1. The highest BCUT2D eigenvalue weighted by atomic mass is 32.1. The summed E-state index contributed by atoms with van der Waals surface area (Å²) in [5.74, 6) is 1.11. The summed E-state index contributed by atoms with van der Waals surface area (Å²) in [5, 5.41) is 6.51. The third-order valence-electron chi connectivity index (χ3n) is 5.07. The van der Waals surface area contributed by atoms with Crippen LogP contribution < -0.4 is 10.6 Å². The van der Waals surface area contributed by atoms with Crippen molar-refractivity contribution in [1.82, 2.24) is 24.8 Å². The SMILES string of the molecule is CN(C)CCCN(C)C(=O)c1cccc(Nc2nccc(Nc3ccc4ncsc4c3)n2)c1. The molecular formula is C24H27N7OS. The van der Waals surface area contributed by atoms with Crippen LogP contribution in [-0.4, -0.2) is 64.9 Å². The summed E-state index contributed by atoms with van der Waals surface area (Å²) in [7, 11) is 5.90. The standard InChI is InChI=1S/C24H27N7OS/c1-30(2)12-5-13-31(3)23(32)17-6-4-7-18(14-17)28-24-25-11-10-22(29-24)27-19-8-9-20-21(15-19)33-16-26-20/h4,6-11,14-16H,5,12-13H2,1-3H3,(H2,25,27,28,29). The molecule has 0 aliphatic rings. The number of rotatable bonds is 9. The zero-order chi connectivity index (χ0) is 23.2. The second kappa shape index (κ2) is 10.4. The number of carbonyl (C=O) groups excluding carboxylic acids is 1. The van der Waals surface area contributed by atoms with Gasteiger partial charge in [-0.15, -0.1) is 11.3 Å². The van der Waals surface area contributed by atoms with Crippen LogP contribution in [0.5, 0.6) is 0 Å². The summed E-state index contributed by atoms with van der Waals surface area (Å²) in [6.45, 7) is 1.65. The van der Waals surface area contributed by atoms with E-state index < -0.39 is 0 Å². The number of thiazole rings is 1. The van der Waals surface area contributed by atoms with E-state index in [1.807, 2.05) is 75.2 Å². The molecule has 4 rings (SSSR count). The first-order valence-corrected chi connectivity index (χ1v) is 11.6. The molecule has 0 radical (unpaired) electrons. The summed E-state index contributed by atoms with van der Waals surface area (Å²) in [6, 6.07) is 15.2. The Kier molecular flexibility index (Phi) is 7.11. The number of hydrogen-bond donors (Lipinski definition) is 2. The van der Waals surface area contributed by atoms with Crippen molar-refractivity contribution in [1.29, 1.82) is 0 Å². The fourth-order valence-electron chi connectivity index (χ4n) is 3.37. The van der Waals surface area contributed by atoms with E-state index in [0.29, 0.717) is 23.9 Å². The average molecular weight is 462 g/mol. The molecule has 0 fully saturated rings. The van der Waals surface area contributed by atoms with Crippen molar-refractivity contribution >= 4 is 50.6 Å². The minimum atomic E-state index is -0.00722. The molecule has 170 valence electrons. The molecule has 0 aliphatic heterocycles. The lowest BCUT2D eigenvalue weighted by molar-refractivity contribution is 0.0790. The van der Waals surface area contributed by atoms with Crippen molar-refractivity contribution in [2.45, 2.75) is 6.42 Å². The lowest BCUT2D eigenvalue weighted by atomic mass is 10.1. The number of aromatic nitrogens is 3. The van der Waals surface area contributed by atoms with Crippen LogP contribution in [0, 0.1) is 0 Å². The summed E-state index contributed by atoms with van der Waals surface area (Å²) in [4.78, 5) is 29.8. The van der Waals surface area contributed by atoms with Crippen molar-refractivity contribution in [3.8, 4) is 0 Å². The minimum absolute atomic E-state index is 0.00722. The van der Waals surface area contributed by atoms with Crippen LogP contribution in [-0.2, 0) is 0 Å². The van der Waals surface area contributed by atoms with Gasteiger partial charge in [0.05, 0.1) is 15.7 Å². The van der Waals surface area contributed by atoms with E-state index in [4.69, 9.17) is 0 Å². The number of anilines is 4. The molecule has 0 bridgehead atoms. The van der Waals surface area contributed by atoms with Gasteiger partial charge in [-0.05, 0) is 69.5 Å². The third-order valence-corrected chi connectivity index (χ3v) is 5.86. The first-order valence-electron chi connectivity index (χ1n) is 10.7. The molecule has 4 aromatic rings. The van der Waals surface area contributed by atoms with Gasteiger partial charge in [0.15, 0.2) is 0 Å². The Hall–Kier alpha value is -3.56. The van der Waals surface area contributed by atoms with Crippen LogP contribution in [0.4, 0.5) is 23.1 Å². The highest BCUT2D eigenvalue weighted by Crippen LogP contribution is 2.24. The van der Waals surface area contributed by atoms with Crippen LogP contribution in [0.3, 0.4) is 0 Å². The van der Waals surface area contributed by atoms with Gasteiger partial charge in [0.1, 0.15) is 5.82 Å². The van der Waals surface area contributed by atoms with Gasteiger partial charge in [-0.1, -0.05) is 6.07 Å². The summed E-state index contributed by atoms with van der Waals surface area (Å²) in [6.07, 6.45) is 2.62. The van der Waals surface area contributed by atoms with E-state index in [-0.39, 0.29) is 5.91 Å². The molecule has 0 saturated carbocycles. The Balaban J connectivity index is 1.42. The highest BCUT2D eigenvalue weighted by Gasteiger charge is 2.12. The fourth-order valence-corrected chi connectivity index (χ4v) is 4.09. The van der Waals surface area contributed by atoms with Crippen LogP contribution >= 0.6 is 11.3 Å². The van der Waals surface area contributed by atoms with Gasteiger partial charge in [-0.2, -0.15) is 4.98 Å². The van der Waals surface area contributed by atoms with E-state index in [2.05, 4.69) is 30.5 Å². The first kappa shape index (κ1) is 22.6. The number of nitrogens with one attached hydrogen (secondary N) is 2. The smallest absolute Gasteiger partial charge is 0.253 e. The predicted octanol–water partition coefficient (Wildman–Crippen LogP) is 4.60. The van der Waals surface area contributed by atoms with Crippen LogP contribution in [0.15, 0.2) is 60.2 Å². The topological polar surface area (TPSA) is 86.3 Å². The molecular weight excluding hydrogens is 434 g/mol. The summed E-state index contributed by atoms with van der Waals surface area (Å²) < 4.78 is 1.11. The Labute approximate surface area is 197 Å². The summed E-state index contributed by atoms with van der Waals surface area (Å²) in [5.41, 5.74) is 5.13. The van der Waals surface area contributed by atoms with Gasteiger partial charge >= 0.3 is 0 Å². The molecule has 9 heteroatoms. The van der Waals surface area contributed by atoms with Gasteiger partial charge in [0.2, 0.25) is 5.95 Å². The van der Waals surface area contributed by atoms with Crippen LogP contribution in [0.1, 0.15) is 16.8 Å². The Morgan fingerprint density at radius 2 is 1.82 bits per heavy atom. The second-order valence-corrected chi connectivity index (χ2v) is 8.90. The summed E-state index contributed by atoms with van der Waals surface area (Å²) >= 11 is 1.60. The molecule has 0 spiro atoms. The van der Waals surface area contributed by atoms with Crippen molar-refractivity contribution in [3.63, 3.8) is 0 Å². The molecule has 2 aromatic carbocycles. The first-order chi connectivity index (χ1) is 16.0. The zero-order valence-electron chi connectivity index (χ0n) is 18.9. The molecule has 0 aliphatic carbocycles. The van der Waals surface area contributed by atoms with E-state index in [1.165, 1.54) is 0 Å². The lowest BCUT2D eigenvalue weighted by Crippen LogP contribution is -2.29. The van der Waals surface area contributed by atoms with Crippen molar-refractivity contribution in [2.75, 3.05) is 44.9 Å². The molecule has 1 amide bonds. The van der Waals surface area contributed by atoms with Gasteiger partial charge in [0, 0.05) is 36.7 Å². The highest BCUT2D eigenvalue weighted by molar-refractivity contribution is 7.16. The predicted molar refractivity (Wildman–Crippen MR) is 135 cm³/mol. The fraction of sp³-hybridized carbons (Fsp3) is 0.250. The number of hydrogen-bond acceptors (Lipinski definition) is 8. The second-order valence-electron chi connectivity index (χ2n) is 8.01. The van der Waals surface area contributed by atoms with Gasteiger partial charge in [-0.3, -0.25) is 4.79 Å². The van der Waals surface area contributed by atoms with Gasteiger partial charge in [0.25, 0.3) is 5.91 Å². The normalized spacial score (nSPS) is 11.0. The van der Waals surface area contributed by atoms with Gasteiger partial charge in [-0.25, -0.2) is 9.97 Å². The zero-order valence-corrected chi connectivity index (χ0v) is 19.8. The maximum atomic E-state index is 12.8. The molecule has 33 heavy (non-hydrogen) atoms. The minimum Gasteiger partial charge on any atom is -0.342 e. The van der Waals surface area contributed by atoms with Crippen molar-refractivity contribution in [2.24, 2.45) is 0 Å². The number of carbonyl (C=O) groups is 1. The maximum absolute atomic E-state index is 12.8. The monoisotopic (exact) mass is 461 g/mol. The van der Waals surface area contributed by atoms with Gasteiger partial charge < -0.3 is 20.4 Å². The van der Waals surface area contributed by atoms with Crippen molar-refractivity contribution < 1.29 is 4.79 Å². The van der Waals surface area contributed by atoms with E-state index in [1.54, 1.807) is 22.4 Å². The largest absolute Gasteiger partial charge is 0.342 e. The number of nitrogens with zero attached hydrogens (tertiary/aromatic N) is 5. The molecule has 0 saturated heterocycles. The molecule has 0 unspecified atom stereocenters. The molecule has 2 aromatic heterocycles. The lowest BCUT2D eigenvalue weighted by Gasteiger charge is -2.19. The van der Waals surface area contributed by atoms with E-state index >= 15 is 0 Å². The maximum Gasteiger partial charge on any atom is 0.253 e. The van der Waals surface area contributed by atoms with Crippen LogP contribution in [0.25, 0.3) is 10.2 Å². The van der Waals surface area contributed by atoms with E-state index in [9.17, 15) is 4.79 Å². The quantitative estimate of drug-likeness (QED) is 0.377. The molecule has 0 atom stereocenters.